The Kier molecular flexibility index (Phi) is 2.37. The lowest BCUT2D eigenvalue weighted by Gasteiger charge is -2.21. The van der Waals surface area contributed by atoms with Gasteiger partial charge in [0.25, 0.3) is 0 Å². The summed E-state index contributed by atoms with van der Waals surface area (Å²) >= 11 is 7.39. The molecule has 1 aliphatic heterocycles. The van der Waals surface area contributed by atoms with E-state index in [0.717, 1.165) is 28.0 Å². The molecule has 0 spiro atoms. The second-order valence-corrected chi connectivity index (χ2v) is 7.03. The lowest BCUT2D eigenvalue weighted by atomic mass is 9.88. The first-order valence-corrected chi connectivity index (χ1v) is 8.07. The lowest BCUT2D eigenvalue weighted by molar-refractivity contribution is 0.404. The Balaban J connectivity index is 1.75. The second-order valence-electron chi connectivity index (χ2n) is 5.66. The van der Waals surface area contributed by atoms with E-state index in [1.807, 2.05) is 11.8 Å². The van der Waals surface area contributed by atoms with Crippen molar-refractivity contribution in [1.29, 1.82) is 0 Å². The molecular weight excluding hydrogens is 248 g/mol. The number of nitrogens with one attached hydrogen (secondary N) is 1. The van der Waals surface area contributed by atoms with Crippen LogP contribution in [-0.2, 0) is 11.5 Å². The van der Waals surface area contributed by atoms with Gasteiger partial charge < -0.3 is 4.98 Å². The van der Waals surface area contributed by atoms with Crippen LogP contribution in [0.3, 0.4) is 0 Å². The predicted molar refractivity (Wildman–Crippen MR) is 72.6 cm³/mol. The summed E-state index contributed by atoms with van der Waals surface area (Å²) in [6, 6.07) is 0. The number of fused-ring (bicyclic) bond motifs is 3. The molecule has 3 aliphatic rings. The zero-order valence-electron chi connectivity index (χ0n) is 9.74. The summed E-state index contributed by atoms with van der Waals surface area (Å²) < 4.78 is 0.863. The number of H-pyrrole nitrogens is 1. The number of aromatic nitrogens is 2. The third-order valence-corrected chi connectivity index (χ3v) is 6.03. The van der Waals surface area contributed by atoms with E-state index in [1.165, 1.54) is 42.8 Å². The van der Waals surface area contributed by atoms with Gasteiger partial charge in [-0.1, -0.05) is 18.6 Å². The van der Waals surface area contributed by atoms with E-state index in [9.17, 15) is 0 Å². The first-order valence-electron chi connectivity index (χ1n) is 6.51. The molecule has 2 aliphatic carbocycles. The molecule has 2 nitrogen and oxygen atoms in total. The van der Waals surface area contributed by atoms with Crippen molar-refractivity contribution in [3.63, 3.8) is 0 Å². The van der Waals surface area contributed by atoms with Gasteiger partial charge in [-0.05, 0) is 31.1 Å². The van der Waals surface area contributed by atoms with E-state index in [-0.39, 0.29) is 0 Å². The minimum Gasteiger partial charge on any atom is -0.346 e. The third kappa shape index (κ3) is 1.60. The molecule has 4 heteroatoms. The molecule has 0 radical (unpaired) electrons. The maximum Gasteiger partial charge on any atom is 0.134 e. The summed E-state index contributed by atoms with van der Waals surface area (Å²) in [5, 5.41) is 0. The summed E-state index contributed by atoms with van der Waals surface area (Å²) in [6.07, 6.45) is 5.62. The number of hydrogen-bond acceptors (Lipinski definition) is 3. The van der Waals surface area contributed by atoms with Gasteiger partial charge in [-0.25, -0.2) is 4.98 Å². The molecule has 90 valence electrons. The number of rotatable bonds is 1. The van der Waals surface area contributed by atoms with Crippen LogP contribution in [-0.4, -0.2) is 9.97 Å². The zero-order chi connectivity index (χ0) is 11.4. The Bertz CT molecular complexity index is 523. The molecular formula is C13H16N2S2. The van der Waals surface area contributed by atoms with E-state index >= 15 is 0 Å². The minimum absolute atomic E-state index is 0.673. The standard InChI is InChI=1S/C13H16N2S2/c16-13-10-5-17-6-11(10)14-12(15-13)9-4-7-1-2-8(9)3-7/h7-9H,1-6H2,(H,14,15,16). The fourth-order valence-corrected chi connectivity index (χ4v) is 5.30. The molecule has 3 atom stereocenters. The van der Waals surface area contributed by atoms with Gasteiger partial charge in [0.2, 0.25) is 0 Å². The Morgan fingerprint density at radius 3 is 2.94 bits per heavy atom. The number of nitrogens with zero attached hydrogens (tertiary/aromatic N) is 1. The molecule has 17 heavy (non-hydrogen) atoms. The maximum atomic E-state index is 5.44. The zero-order valence-corrected chi connectivity index (χ0v) is 11.4. The normalized spacial score (nSPS) is 34.2. The molecule has 0 saturated heterocycles. The van der Waals surface area contributed by atoms with Gasteiger partial charge >= 0.3 is 0 Å². The number of hydrogen-bond donors (Lipinski definition) is 1. The summed E-state index contributed by atoms with van der Waals surface area (Å²) in [7, 11) is 0. The highest BCUT2D eigenvalue weighted by molar-refractivity contribution is 7.98. The first kappa shape index (κ1) is 10.6. The molecule has 0 aromatic carbocycles. The van der Waals surface area contributed by atoms with Crippen molar-refractivity contribution in [3.8, 4) is 0 Å². The molecule has 2 heterocycles. The van der Waals surface area contributed by atoms with Crippen LogP contribution in [0.2, 0.25) is 0 Å². The highest BCUT2D eigenvalue weighted by Crippen LogP contribution is 2.52. The fourth-order valence-electron chi connectivity index (χ4n) is 3.85. The van der Waals surface area contributed by atoms with Crippen LogP contribution in [0.4, 0.5) is 0 Å². The van der Waals surface area contributed by atoms with Crippen molar-refractivity contribution in [2.45, 2.75) is 43.1 Å². The smallest absolute Gasteiger partial charge is 0.134 e. The van der Waals surface area contributed by atoms with Crippen LogP contribution in [0.15, 0.2) is 0 Å². The third-order valence-electron chi connectivity index (χ3n) is 4.71. The first-order chi connectivity index (χ1) is 8.31. The van der Waals surface area contributed by atoms with Crippen LogP contribution in [0.1, 0.15) is 48.7 Å². The van der Waals surface area contributed by atoms with Gasteiger partial charge in [0, 0.05) is 28.7 Å². The van der Waals surface area contributed by atoms with Gasteiger partial charge in [-0.15, -0.1) is 0 Å². The van der Waals surface area contributed by atoms with E-state index in [1.54, 1.807) is 0 Å². The van der Waals surface area contributed by atoms with Gasteiger partial charge in [0.15, 0.2) is 0 Å². The minimum atomic E-state index is 0.673. The Morgan fingerprint density at radius 1 is 1.24 bits per heavy atom. The SMILES string of the molecule is S=c1nc(C2CC3CCC2C3)[nH]c2c1CSC2. The highest BCUT2D eigenvalue weighted by atomic mass is 32.2. The molecule has 4 rings (SSSR count). The van der Waals surface area contributed by atoms with Crippen molar-refractivity contribution < 1.29 is 0 Å². The lowest BCUT2D eigenvalue weighted by Crippen LogP contribution is -2.13. The van der Waals surface area contributed by atoms with Crippen LogP contribution < -0.4 is 0 Å². The van der Waals surface area contributed by atoms with Gasteiger partial charge in [-0.3, -0.25) is 0 Å². The topological polar surface area (TPSA) is 28.7 Å². The molecule has 2 fully saturated rings. The van der Waals surface area contributed by atoms with Crippen LogP contribution in [0.5, 0.6) is 0 Å². The molecule has 1 N–H and O–H groups in total. The predicted octanol–water partition coefficient (Wildman–Crippen LogP) is 3.79. The van der Waals surface area contributed by atoms with E-state index in [4.69, 9.17) is 17.2 Å². The monoisotopic (exact) mass is 264 g/mol. The van der Waals surface area contributed by atoms with Gasteiger partial charge in [0.1, 0.15) is 10.5 Å². The number of thioether (sulfide) groups is 1. The Hall–Kier alpha value is -0.350. The van der Waals surface area contributed by atoms with Crippen molar-refractivity contribution in [2.24, 2.45) is 11.8 Å². The van der Waals surface area contributed by atoms with Crippen LogP contribution in [0.25, 0.3) is 0 Å². The molecule has 2 bridgehead atoms. The average Bonchev–Trinajstić information content (AvgIpc) is 3.04. The maximum absolute atomic E-state index is 5.44. The Labute approximate surface area is 111 Å². The van der Waals surface area contributed by atoms with Crippen molar-refractivity contribution in [3.05, 3.63) is 21.7 Å². The summed E-state index contributed by atoms with van der Waals surface area (Å²) in [5.74, 6) is 5.86. The van der Waals surface area contributed by atoms with Crippen molar-refractivity contribution in [1.82, 2.24) is 9.97 Å². The largest absolute Gasteiger partial charge is 0.346 e. The molecule has 1 aromatic heterocycles. The second kappa shape index (κ2) is 3.82. The summed E-state index contributed by atoms with van der Waals surface area (Å²) in [6.45, 7) is 0. The van der Waals surface area contributed by atoms with Crippen LogP contribution in [0, 0.1) is 16.5 Å². The van der Waals surface area contributed by atoms with E-state index in [0.29, 0.717) is 5.92 Å². The number of aromatic amines is 1. The molecule has 2 saturated carbocycles. The highest BCUT2D eigenvalue weighted by Gasteiger charge is 2.41. The fraction of sp³-hybridized carbons (Fsp3) is 0.692. The van der Waals surface area contributed by atoms with E-state index in [2.05, 4.69) is 4.98 Å². The van der Waals surface area contributed by atoms with Gasteiger partial charge in [0.05, 0.1) is 0 Å². The van der Waals surface area contributed by atoms with Crippen molar-refractivity contribution in [2.75, 3.05) is 0 Å². The molecule has 3 unspecified atom stereocenters. The van der Waals surface area contributed by atoms with Crippen LogP contribution >= 0.6 is 24.0 Å². The summed E-state index contributed by atoms with van der Waals surface area (Å²) in [4.78, 5) is 8.29. The van der Waals surface area contributed by atoms with E-state index < -0.39 is 0 Å². The molecule has 1 aromatic rings. The quantitative estimate of drug-likeness (QED) is 0.782. The van der Waals surface area contributed by atoms with Gasteiger partial charge in [-0.2, -0.15) is 11.8 Å². The van der Waals surface area contributed by atoms with Crippen molar-refractivity contribution >= 4 is 24.0 Å². The summed E-state index contributed by atoms with van der Waals surface area (Å²) in [5.41, 5.74) is 2.64. The molecule has 0 amide bonds. The average molecular weight is 264 g/mol. The Morgan fingerprint density at radius 2 is 2.18 bits per heavy atom.